The molecule has 0 bridgehead atoms. The molecule has 0 atom stereocenters. The molecule has 4 nitrogen and oxygen atoms in total. The Kier molecular flexibility index (Phi) is 5.31. The van der Waals surface area contributed by atoms with E-state index in [1.54, 1.807) is 12.1 Å². The minimum Gasteiger partial charge on any atom is -0.480 e. The van der Waals surface area contributed by atoms with Crippen molar-refractivity contribution in [3.05, 3.63) is 35.4 Å². The molecule has 0 aliphatic heterocycles. The maximum atomic E-state index is 12.3. The van der Waals surface area contributed by atoms with Crippen LogP contribution in [0.5, 0.6) is 0 Å². The highest BCUT2D eigenvalue weighted by Crippen LogP contribution is 2.22. The van der Waals surface area contributed by atoms with Gasteiger partial charge in [0.1, 0.15) is 6.54 Å². The molecular formula is C16H23NO3. The van der Waals surface area contributed by atoms with Crippen molar-refractivity contribution in [3.8, 4) is 0 Å². The molecule has 1 aromatic rings. The molecule has 110 valence electrons. The van der Waals surface area contributed by atoms with Crippen molar-refractivity contribution in [3.63, 3.8) is 0 Å². The number of carbonyl (C=O) groups excluding carboxylic acids is 1. The molecule has 0 radical (unpaired) electrons. The molecule has 0 unspecified atom stereocenters. The molecule has 0 saturated heterocycles. The van der Waals surface area contributed by atoms with E-state index in [4.69, 9.17) is 5.11 Å². The second kappa shape index (κ2) is 6.55. The molecule has 0 aliphatic rings. The number of hydrogen-bond acceptors (Lipinski definition) is 2. The van der Waals surface area contributed by atoms with Crippen molar-refractivity contribution in [1.82, 2.24) is 4.90 Å². The van der Waals surface area contributed by atoms with Crippen LogP contribution in [-0.2, 0) is 10.2 Å². The summed E-state index contributed by atoms with van der Waals surface area (Å²) in [6.07, 6.45) is 0.735. The van der Waals surface area contributed by atoms with Crippen LogP contribution in [0.4, 0.5) is 0 Å². The summed E-state index contributed by atoms with van der Waals surface area (Å²) in [5, 5.41) is 8.86. The van der Waals surface area contributed by atoms with Crippen LogP contribution in [0.2, 0.25) is 0 Å². The summed E-state index contributed by atoms with van der Waals surface area (Å²) in [4.78, 5) is 24.5. The average molecular weight is 277 g/mol. The predicted molar refractivity (Wildman–Crippen MR) is 79.0 cm³/mol. The smallest absolute Gasteiger partial charge is 0.323 e. The summed E-state index contributed by atoms with van der Waals surface area (Å²) in [7, 11) is 0. The molecule has 1 aromatic carbocycles. The van der Waals surface area contributed by atoms with Crippen LogP contribution in [0.25, 0.3) is 0 Å². The number of carboxylic acids is 1. The first-order chi connectivity index (χ1) is 9.25. The average Bonchev–Trinajstić information content (AvgIpc) is 2.36. The van der Waals surface area contributed by atoms with Gasteiger partial charge >= 0.3 is 5.97 Å². The fourth-order valence-corrected chi connectivity index (χ4v) is 1.98. The fourth-order valence-electron chi connectivity index (χ4n) is 1.98. The number of benzene rings is 1. The van der Waals surface area contributed by atoms with Crippen LogP contribution in [0.1, 0.15) is 50.0 Å². The van der Waals surface area contributed by atoms with Gasteiger partial charge in [-0.25, -0.2) is 0 Å². The summed E-state index contributed by atoms with van der Waals surface area (Å²) in [6, 6.07) is 7.40. The Morgan fingerprint density at radius 3 is 2.10 bits per heavy atom. The molecule has 20 heavy (non-hydrogen) atoms. The maximum Gasteiger partial charge on any atom is 0.323 e. The molecule has 0 spiro atoms. The van der Waals surface area contributed by atoms with Crippen LogP contribution < -0.4 is 0 Å². The van der Waals surface area contributed by atoms with Gasteiger partial charge < -0.3 is 10.0 Å². The number of carboxylic acid groups (broad SMARTS) is 1. The molecule has 1 amide bonds. The third kappa shape index (κ3) is 4.37. The Bertz CT molecular complexity index is 471. The topological polar surface area (TPSA) is 57.6 Å². The lowest BCUT2D eigenvalue weighted by molar-refractivity contribution is -0.137. The number of nitrogens with zero attached hydrogens (tertiary/aromatic N) is 1. The van der Waals surface area contributed by atoms with E-state index in [1.165, 1.54) is 4.90 Å². The Hall–Kier alpha value is -1.84. The highest BCUT2D eigenvalue weighted by Gasteiger charge is 2.19. The first-order valence-electron chi connectivity index (χ1n) is 6.87. The summed E-state index contributed by atoms with van der Waals surface area (Å²) in [6.45, 7) is 8.44. The monoisotopic (exact) mass is 277 g/mol. The van der Waals surface area contributed by atoms with Crippen LogP contribution >= 0.6 is 0 Å². The van der Waals surface area contributed by atoms with Crippen molar-refractivity contribution < 1.29 is 14.7 Å². The standard InChI is InChI=1S/C16H23NO3/c1-5-10-17(11-14(18)19)15(20)12-6-8-13(9-7-12)16(2,3)4/h6-9H,5,10-11H2,1-4H3,(H,18,19). The second-order valence-electron chi connectivity index (χ2n) is 5.95. The van der Waals surface area contributed by atoms with Crippen LogP contribution in [-0.4, -0.2) is 35.0 Å². The third-order valence-corrected chi connectivity index (χ3v) is 3.10. The van der Waals surface area contributed by atoms with E-state index in [9.17, 15) is 9.59 Å². The highest BCUT2D eigenvalue weighted by molar-refractivity contribution is 5.95. The van der Waals surface area contributed by atoms with E-state index in [0.717, 1.165) is 12.0 Å². The SMILES string of the molecule is CCCN(CC(=O)O)C(=O)c1ccc(C(C)(C)C)cc1. The Morgan fingerprint density at radius 1 is 1.15 bits per heavy atom. The van der Waals surface area contributed by atoms with Crippen LogP contribution in [0.15, 0.2) is 24.3 Å². The van der Waals surface area contributed by atoms with Gasteiger partial charge in [0, 0.05) is 12.1 Å². The second-order valence-corrected chi connectivity index (χ2v) is 5.95. The quantitative estimate of drug-likeness (QED) is 0.900. The van der Waals surface area contributed by atoms with Gasteiger partial charge in [0.25, 0.3) is 5.91 Å². The van der Waals surface area contributed by atoms with Gasteiger partial charge in [-0.05, 0) is 29.5 Å². The van der Waals surface area contributed by atoms with Crippen molar-refractivity contribution in [2.75, 3.05) is 13.1 Å². The molecular weight excluding hydrogens is 254 g/mol. The van der Waals surface area contributed by atoms with Gasteiger partial charge in [0.15, 0.2) is 0 Å². The molecule has 0 saturated carbocycles. The van der Waals surface area contributed by atoms with E-state index in [2.05, 4.69) is 20.8 Å². The number of amides is 1. The van der Waals surface area contributed by atoms with Gasteiger partial charge in [-0.2, -0.15) is 0 Å². The summed E-state index contributed by atoms with van der Waals surface area (Å²) >= 11 is 0. The van der Waals surface area contributed by atoms with Gasteiger partial charge in [0.2, 0.25) is 0 Å². The zero-order valence-electron chi connectivity index (χ0n) is 12.6. The minimum atomic E-state index is -0.988. The zero-order chi connectivity index (χ0) is 15.3. The molecule has 0 heterocycles. The van der Waals surface area contributed by atoms with Gasteiger partial charge in [-0.15, -0.1) is 0 Å². The molecule has 1 N–H and O–H groups in total. The summed E-state index contributed by atoms with van der Waals surface area (Å²) in [5.74, 6) is -1.21. The number of rotatable bonds is 5. The van der Waals surface area contributed by atoms with Crippen LogP contribution in [0.3, 0.4) is 0 Å². The minimum absolute atomic E-state index is 0.0335. The van der Waals surface area contributed by atoms with E-state index < -0.39 is 5.97 Å². The lowest BCUT2D eigenvalue weighted by Gasteiger charge is -2.22. The Balaban J connectivity index is 2.92. The zero-order valence-corrected chi connectivity index (χ0v) is 12.6. The molecule has 0 aliphatic carbocycles. The molecule has 0 fully saturated rings. The summed E-state index contributed by atoms with van der Waals surface area (Å²) in [5.41, 5.74) is 1.72. The molecule has 0 aromatic heterocycles. The van der Waals surface area contributed by atoms with Gasteiger partial charge in [-0.1, -0.05) is 39.8 Å². The molecule has 4 heteroatoms. The van der Waals surface area contributed by atoms with Crippen molar-refractivity contribution in [1.29, 1.82) is 0 Å². The van der Waals surface area contributed by atoms with Gasteiger partial charge in [-0.3, -0.25) is 9.59 Å². The Morgan fingerprint density at radius 2 is 1.70 bits per heavy atom. The first-order valence-corrected chi connectivity index (χ1v) is 6.87. The van der Waals surface area contributed by atoms with E-state index in [-0.39, 0.29) is 17.9 Å². The third-order valence-electron chi connectivity index (χ3n) is 3.10. The van der Waals surface area contributed by atoms with Crippen molar-refractivity contribution >= 4 is 11.9 Å². The normalized spacial score (nSPS) is 11.2. The number of aliphatic carboxylic acids is 1. The number of carbonyl (C=O) groups is 2. The van der Waals surface area contributed by atoms with Crippen LogP contribution in [0, 0.1) is 0 Å². The van der Waals surface area contributed by atoms with E-state index >= 15 is 0 Å². The summed E-state index contributed by atoms with van der Waals surface area (Å²) < 4.78 is 0. The maximum absolute atomic E-state index is 12.3. The Labute approximate surface area is 120 Å². The lowest BCUT2D eigenvalue weighted by atomic mass is 9.86. The van der Waals surface area contributed by atoms with Gasteiger partial charge in [0.05, 0.1) is 0 Å². The fraction of sp³-hybridized carbons (Fsp3) is 0.500. The van der Waals surface area contributed by atoms with Crippen molar-refractivity contribution in [2.24, 2.45) is 0 Å². The first kappa shape index (κ1) is 16.2. The largest absolute Gasteiger partial charge is 0.480 e. The lowest BCUT2D eigenvalue weighted by Crippen LogP contribution is -2.36. The number of hydrogen-bond donors (Lipinski definition) is 1. The molecule has 1 rings (SSSR count). The van der Waals surface area contributed by atoms with Crippen molar-refractivity contribution in [2.45, 2.75) is 39.5 Å². The highest BCUT2D eigenvalue weighted by atomic mass is 16.4. The predicted octanol–water partition coefficient (Wildman–Crippen LogP) is 2.92. The van der Waals surface area contributed by atoms with E-state index in [0.29, 0.717) is 12.1 Å². The van der Waals surface area contributed by atoms with E-state index in [1.807, 2.05) is 19.1 Å².